The minimum atomic E-state index is -0.444. The third-order valence-corrected chi connectivity index (χ3v) is 3.54. The summed E-state index contributed by atoms with van der Waals surface area (Å²) >= 11 is 5.97. The second kappa shape index (κ2) is 4.57. The van der Waals surface area contributed by atoms with Gasteiger partial charge in [-0.15, -0.1) is 0 Å². The molecule has 6 heteroatoms. The molecule has 1 aromatic heterocycles. The van der Waals surface area contributed by atoms with E-state index in [-0.39, 0.29) is 10.7 Å². The number of imidazole rings is 1. The number of rotatable bonds is 3. The van der Waals surface area contributed by atoms with Gasteiger partial charge in [0.25, 0.3) is 11.5 Å². The van der Waals surface area contributed by atoms with Crippen LogP contribution in [0.4, 0.5) is 5.69 Å². The summed E-state index contributed by atoms with van der Waals surface area (Å²) in [4.78, 5) is 10.5. The largest absolute Gasteiger partial charge is 0.292 e. The first kappa shape index (κ1) is 12.8. The lowest BCUT2D eigenvalue weighted by Crippen LogP contribution is -2.35. The molecule has 0 radical (unpaired) electrons. The zero-order valence-electron chi connectivity index (χ0n) is 10.6. The van der Waals surface area contributed by atoms with Gasteiger partial charge in [0.05, 0.1) is 24.1 Å². The van der Waals surface area contributed by atoms with E-state index in [4.69, 9.17) is 11.6 Å². The van der Waals surface area contributed by atoms with E-state index >= 15 is 0 Å². The summed E-state index contributed by atoms with van der Waals surface area (Å²) in [6.07, 6.45) is 0. The Labute approximate surface area is 110 Å². The molecule has 0 spiro atoms. The SMILES string of the molecule is CCn1c(C)[n+](CC)c2cc(Cl)c([N+](=O)[O-])cc21. The number of nitro benzene ring substituents is 1. The monoisotopic (exact) mass is 268 g/mol. The number of benzene rings is 1. The Kier molecular flexibility index (Phi) is 3.26. The summed E-state index contributed by atoms with van der Waals surface area (Å²) < 4.78 is 4.16. The predicted molar refractivity (Wildman–Crippen MR) is 69.9 cm³/mol. The van der Waals surface area contributed by atoms with Gasteiger partial charge in [0.15, 0.2) is 11.0 Å². The van der Waals surface area contributed by atoms with E-state index in [9.17, 15) is 10.1 Å². The average molecular weight is 269 g/mol. The first-order valence-corrected chi connectivity index (χ1v) is 6.25. The average Bonchev–Trinajstić information content (AvgIpc) is 2.58. The van der Waals surface area contributed by atoms with Crippen molar-refractivity contribution >= 4 is 28.3 Å². The molecular weight excluding hydrogens is 254 g/mol. The molecule has 0 saturated heterocycles. The van der Waals surface area contributed by atoms with Crippen LogP contribution in [-0.4, -0.2) is 9.49 Å². The van der Waals surface area contributed by atoms with Crippen molar-refractivity contribution < 1.29 is 9.49 Å². The summed E-state index contributed by atoms with van der Waals surface area (Å²) in [7, 11) is 0. The van der Waals surface area contributed by atoms with Crippen LogP contribution in [0.15, 0.2) is 12.1 Å². The fourth-order valence-corrected chi connectivity index (χ4v) is 2.63. The highest BCUT2D eigenvalue weighted by Crippen LogP contribution is 2.29. The normalized spacial score (nSPS) is 11.1. The standard InChI is InChI=1S/C12H15ClN3O2/c1-4-14-8(3)15(5-2)12-7-10(16(17)18)9(13)6-11(12)14/h6-7H,4-5H2,1-3H3/q+1. The summed E-state index contributed by atoms with van der Waals surface area (Å²) in [5, 5.41) is 11.1. The Bertz CT molecular complexity index is 634. The minimum Gasteiger partial charge on any atom is -0.258 e. The maximum Gasteiger partial charge on any atom is 0.292 e. The van der Waals surface area contributed by atoms with E-state index in [0.29, 0.717) is 0 Å². The van der Waals surface area contributed by atoms with Crippen LogP contribution >= 0.6 is 11.6 Å². The van der Waals surface area contributed by atoms with Crippen LogP contribution < -0.4 is 4.57 Å². The number of nitrogens with zero attached hydrogens (tertiary/aromatic N) is 3. The van der Waals surface area contributed by atoms with Gasteiger partial charge in [-0.3, -0.25) is 10.1 Å². The quantitative estimate of drug-likeness (QED) is 0.488. The molecule has 1 heterocycles. The van der Waals surface area contributed by atoms with Crippen molar-refractivity contribution in [1.29, 1.82) is 0 Å². The Balaban J connectivity index is 2.88. The molecule has 2 aromatic rings. The van der Waals surface area contributed by atoms with Gasteiger partial charge < -0.3 is 0 Å². The maximum absolute atomic E-state index is 10.9. The molecule has 2 rings (SSSR count). The molecule has 0 atom stereocenters. The smallest absolute Gasteiger partial charge is 0.258 e. The van der Waals surface area contributed by atoms with Crippen LogP contribution in [0, 0.1) is 17.0 Å². The van der Waals surface area contributed by atoms with Crippen LogP contribution in [0.1, 0.15) is 19.7 Å². The van der Waals surface area contributed by atoms with E-state index in [1.165, 1.54) is 0 Å². The summed E-state index contributed by atoms with van der Waals surface area (Å²) in [5.74, 6) is 1.08. The number of aromatic nitrogens is 2. The van der Waals surface area contributed by atoms with E-state index in [2.05, 4.69) is 9.13 Å². The van der Waals surface area contributed by atoms with Crippen molar-refractivity contribution in [1.82, 2.24) is 4.57 Å². The van der Waals surface area contributed by atoms with Crippen LogP contribution in [-0.2, 0) is 13.1 Å². The number of fused-ring (bicyclic) bond motifs is 1. The van der Waals surface area contributed by atoms with Gasteiger partial charge >= 0.3 is 0 Å². The molecule has 0 aliphatic carbocycles. The van der Waals surface area contributed by atoms with Gasteiger partial charge in [-0.05, 0) is 13.8 Å². The number of nitro groups is 1. The maximum atomic E-state index is 10.9. The lowest BCUT2D eigenvalue weighted by Gasteiger charge is -1.96. The molecule has 0 aliphatic rings. The highest BCUT2D eigenvalue weighted by Gasteiger charge is 2.24. The van der Waals surface area contributed by atoms with Gasteiger partial charge in [0.1, 0.15) is 5.02 Å². The zero-order valence-corrected chi connectivity index (χ0v) is 11.4. The van der Waals surface area contributed by atoms with Gasteiger partial charge in [-0.1, -0.05) is 11.6 Å². The molecule has 18 heavy (non-hydrogen) atoms. The first-order chi connectivity index (χ1) is 8.51. The van der Waals surface area contributed by atoms with Crippen molar-refractivity contribution in [3.63, 3.8) is 0 Å². The fourth-order valence-electron chi connectivity index (χ4n) is 2.41. The highest BCUT2D eigenvalue weighted by molar-refractivity contribution is 6.33. The molecule has 96 valence electrons. The van der Waals surface area contributed by atoms with Crippen LogP contribution in [0.3, 0.4) is 0 Å². The summed E-state index contributed by atoms with van der Waals surface area (Å²) in [6, 6.07) is 3.23. The highest BCUT2D eigenvalue weighted by atomic mass is 35.5. The van der Waals surface area contributed by atoms with E-state index in [1.807, 2.05) is 20.8 Å². The first-order valence-electron chi connectivity index (χ1n) is 5.87. The third-order valence-electron chi connectivity index (χ3n) is 3.24. The van der Waals surface area contributed by atoms with Crippen molar-refractivity contribution in [3.05, 3.63) is 33.1 Å². The number of hydrogen-bond acceptors (Lipinski definition) is 2. The molecule has 0 saturated carbocycles. The zero-order chi connectivity index (χ0) is 13.4. The minimum absolute atomic E-state index is 0.0420. The van der Waals surface area contributed by atoms with Crippen molar-refractivity contribution in [2.75, 3.05) is 0 Å². The summed E-state index contributed by atoms with van der Waals surface area (Å²) in [6.45, 7) is 7.65. The molecule has 0 N–H and O–H groups in total. The van der Waals surface area contributed by atoms with Crippen LogP contribution in [0.25, 0.3) is 11.0 Å². The van der Waals surface area contributed by atoms with Crippen molar-refractivity contribution in [2.24, 2.45) is 0 Å². The second-order valence-corrected chi connectivity index (χ2v) is 4.49. The van der Waals surface area contributed by atoms with Gasteiger partial charge in [-0.25, -0.2) is 9.13 Å². The molecule has 0 amide bonds. The van der Waals surface area contributed by atoms with Crippen molar-refractivity contribution in [3.8, 4) is 0 Å². The lowest BCUT2D eigenvalue weighted by molar-refractivity contribution is -0.674. The van der Waals surface area contributed by atoms with Crippen molar-refractivity contribution in [2.45, 2.75) is 33.9 Å². The third kappa shape index (κ3) is 1.75. The molecule has 0 bridgehead atoms. The summed E-state index contributed by atoms with van der Waals surface area (Å²) in [5.41, 5.74) is 1.75. The molecular formula is C12H15ClN3O2+. The molecule has 0 unspecified atom stereocenters. The molecule has 1 aromatic carbocycles. The topological polar surface area (TPSA) is 52.0 Å². The number of aryl methyl sites for hydroxylation is 2. The Hall–Kier alpha value is -1.62. The van der Waals surface area contributed by atoms with Gasteiger partial charge in [0.2, 0.25) is 0 Å². The molecule has 5 nitrogen and oxygen atoms in total. The Morgan fingerprint density at radius 1 is 1.44 bits per heavy atom. The van der Waals surface area contributed by atoms with Crippen LogP contribution in [0.2, 0.25) is 5.02 Å². The van der Waals surface area contributed by atoms with Gasteiger partial charge in [0, 0.05) is 13.0 Å². The number of hydrogen-bond donors (Lipinski definition) is 0. The fraction of sp³-hybridized carbons (Fsp3) is 0.417. The number of halogens is 1. The van der Waals surface area contributed by atoms with E-state index < -0.39 is 4.92 Å². The van der Waals surface area contributed by atoms with Crippen LogP contribution in [0.5, 0.6) is 0 Å². The Morgan fingerprint density at radius 3 is 2.61 bits per heavy atom. The van der Waals surface area contributed by atoms with Gasteiger partial charge in [-0.2, -0.15) is 0 Å². The van der Waals surface area contributed by atoms with E-state index in [1.54, 1.807) is 12.1 Å². The second-order valence-electron chi connectivity index (χ2n) is 4.09. The predicted octanol–water partition coefficient (Wildman–Crippen LogP) is 2.84. The van der Waals surface area contributed by atoms with E-state index in [0.717, 1.165) is 29.9 Å². The molecule has 0 aliphatic heterocycles. The Morgan fingerprint density at radius 2 is 2.11 bits per heavy atom. The lowest BCUT2D eigenvalue weighted by atomic mass is 10.2. The molecule has 0 fully saturated rings.